The minimum absolute atomic E-state index is 0.164. The summed E-state index contributed by atoms with van der Waals surface area (Å²) in [4.78, 5) is 24.1. The standard InChI is InChI=1S/C18H17ClN6O2/c19-13-9-20-18(21-10-13)27-15-7-4-8-24(12-15)17(26)16-11-22-25(23-16)14-5-2-1-3-6-14/h1-3,5-6,9-11,15H,4,7-8,12H2. The Kier molecular flexibility index (Phi) is 4.97. The van der Waals surface area contributed by atoms with E-state index in [0.717, 1.165) is 18.5 Å². The maximum Gasteiger partial charge on any atom is 0.316 e. The maximum absolute atomic E-state index is 12.8. The molecule has 1 atom stereocenters. The summed E-state index contributed by atoms with van der Waals surface area (Å²) in [5, 5.41) is 8.95. The van der Waals surface area contributed by atoms with Gasteiger partial charge in [-0.05, 0) is 25.0 Å². The Labute approximate surface area is 160 Å². The highest BCUT2D eigenvalue weighted by atomic mass is 35.5. The van der Waals surface area contributed by atoms with Gasteiger partial charge in [0, 0.05) is 6.54 Å². The maximum atomic E-state index is 12.8. The van der Waals surface area contributed by atoms with Crippen LogP contribution in [0.25, 0.3) is 5.69 Å². The largest absolute Gasteiger partial charge is 0.458 e. The Morgan fingerprint density at radius 3 is 2.70 bits per heavy atom. The fourth-order valence-corrected chi connectivity index (χ4v) is 3.04. The third kappa shape index (κ3) is 4.06. The molecule has 8 nitrogen and oxygen atoms in total. The van der Waals surface area contributed by atoms with Crippen LogP contribution < -0.4 is 4.74 Å². The molecule has 0 bridgehead atoms. The number of carbonyl (C=O) groups excluding carboxylic acids is 1. The number of piperidine rings is 1. The van der Waals surface area contributed by atoms with Gasteiger partial charge >= 0.3 is 6.01 Å². The number of carbonyl (C=O) groups is 1. The van der Waals surface area contributed by atoms with Crippen molar-refractivity contribution in [1.82, 2.24) is 29.9 Å². The van der Waals surface area contributed by atoms with Crippen LogP contribution in [0.1, 0.15) is 23.3 Å². The minimum atomic E-state index is -0.173. The van der Waals surface area contributed by atoms with E-state index in [2.05, 4.69) is 20.2 Å². The molecule has 138 valence electrons. The molecule has 9 heteroatoms. The molecule has 3 heterocycles. The number of hydrogen-bond donors (Lipinski definition) is 0. The van der Waals surface area contributed by atoms with Gasteiger partial charge in [-0.1, -0.05) is 29.8 Å². The molecule has 0 saturated carbocycles. The van der Waals surface area contributed by atoms with E-state index in [1.165, 1.54) is 23.4 Å². The summed E-state index contributed by atoms with van der Waals surface area (Å²) in [5.41, 5.74) is 1.11. The van der Waals surface area contributed by atoms with Crippen molar-refractivity contribution < 1.29 is 9.53 Å². The van der Waals surface area contributed by atoms with Gasteiger partial charge in [0.05, 0.1) is 35.8 Å². The first-order valence-electron chi connectivity index (χ1n) is 8.60. The number of nitrogens with zero attached hydrogens (tertiary/aromatic N) is 6. The number of rotatable bonds is 4. The summed E-state index contributed by atoms with van der Waals surface area (Å²) < 4.78 is 5.79. The van der Waals surface area contributed by atoms with E-state index in [4.69, 9.17) is 16.3 Å². The monoisotopic (exact) mass is 384 g/mol. The summed E-state index contributed by atoms with van der Waals surface area (Å²) in [7, 11) is 0. The first-order valence-corrected chi connectivity index (χ1v) is 8.98. The molecule has 0 N–H and O–H groups in total. The first-order chi connectivity index (χ1) is 13.2. The highest BCUT2D eigenvalue weighted by Gasteiger charge is 2.27. The van der Waals surface area contributed by atoms with Crippen molar-refractivity contribution in [3.05, 3.63) is 59.6 Å². The Hall–Kier alpha value is -3.00. The lowest BCUT2D eigenvalue weighted by atomic mass is 10.1. The van der Waals surface area contributed by atoms with Gasteiger partial charge in [-0.25, -0.2) is 9.97 Å². The molecular formula is C18H17ClN6O2. The number of para-hydroxylation sites is 1. The second kappa shape index (κ2) is 7.71. The van der Waals surface area contributed by atoms with Crippen LogP contribution in [0, 0.1) is 0 Å². The van der Waals surface area contributed by atoms with Gasteiger partial charge in [-0.2, -0.15) is 9.90 Å². The third-order valence-electron chi connectivity index (χ3n) is 4.23. The molecular weight excluding hydrogens is 368 g/mol. The Morgan fingerprint density at radius 1 is 1.15 bits per heavy atom. The normalized spacial score (nSPS) is 16.9. The molecule has 0 radical (unpaired) electrons. The zero-order valence-corrected chi connectivity index (χ0v) is 15.2. The number of ether oxygens (including phenoxy) is 1. The topological polar surface area (TPSA) is 86.0 Å². The number of amides is 1. The molecule has 1 aromatic carbocycles. The van der Waals surface area contributed by atoms with Crippen LogP contribution in [0.3, 0.4) is 0 Å². The van der Waals surface area contributed by atoms with E-state index in [0.29, 0.717) is 23.8 Å². The van der Waals surface area contributed by atoms with Crippen LogP contribution in [-0.4, -0.2) is 55.0 Å². The van der Waals surface area contributed by atoms with Crippen molar-refractivity contribution in [3.63, 3.8) is 0 Å². The van der Waals surface area contributed by atoms with Crippen molar-refractivity contribution in [2.45, 2.75) is 18.9 Å². The van der Waals surface area contributed by atoms with Gasteiger partial charge in [-0.3, -0.25) is 4.79 Å². The lowest BCUT2D eigenvalue weighted by Gasteiger charge is -2.31. The van der Waals surface area contributed by atoms with E-state index in [1.54, 1.807) is 4.90 Å². The lowest BCUT2D eigenvalue weighted by Crippen LogP contribution is -2.44. The Bertz CT molecular complexity index is 915. The lowest BCUT2D eigenvalue weighted by molar-refractivity contribution is 0.0510. The average molecular weight is 385 g/mol. The van der Waals surface area contributed by atoms with E-state index in [9.17, 15) is 4.79 Å². The van der Waals surface area contributed by atoms with Crippen molar-refractivity contribution in [3.8, 4) is 11.7 Å². The van der Waals surface area contributed by atoms with Gasteiger partial charge < -0.3 is 9.64 Å². The fourth-order valence-electron chi connectivity index (χ4n) is 2.94. The van der Waals surface area contributed by atoms with Crippen LogP contribution in [0.2, 0.25) is 5.02 Å². The van der Waals surface area contributed by atoms with Crippen LogP contribution in [0.5, 0.6) is 6.01 Å². The third-order valence-corrected chi connectivity index (χ3v) is 4.43. The quantitative estimate of drug-likeness (QED) is 0.686. The van der Waals surface area contributed by atoms with Crippen molar-refractivity contribution >= 4 is 17.5 Å². The summed E-state index contributed by atoms with van der Waals surface area (Å²) in [6, 6.07) is 9.72. The molecule has 1 aliphatic heterocycles. The molecule has 2 aromatic heterocycles. The Morgan fingerprint density at radius 2 is 1.93 bits per heavy atom. The molecule has 0 spiro atoms. The number of likely N-dealkylation sites (tertiary alicyclic amines) is 1. The van der Waals surface area contributed by atoms with Crippen molar-refractivity contribution in [2.75, 3.05) is 13.1 Å². The first kappa shape index (κ1) is 17.4. The predicted molar refractivity (Wildman–Crippen MR) is 98.0 cm³/mol. The fraction of sp³-hybridized carbons (Fsp3) is 0.278. The van der Waals surface area contributed by atoms with Crippen molar-refractivity contribution in [1.29, 1.82) is 0 Å². The van der Waals surface area contributed by atoms with Gasteiger partial charge in [0.25, 0.3) is 5.91 Å². The summed E-state index contributed by atoms with van der Waals surface area (Å²) >= 11 is 5.78. The molecule has 27 heavy (non-hydrogen) atoms. The zero-order chi connectivity index (χ0) is 18.6. The molecule has 1 amide bonds. The van der Waals surface area contributed by atoms with E-state index in [1.807, 2.05) is 30.3 Å². The Balaban J connectivity index is 1.43. The van der Waals surface area contributed by atoms with Gasteiger partial charge in [0.1, 0.15) is 6.10 Å². The number of hydrogen-bond acceptors (Lipinski definition) is 6. The van der Waals surface area contributed by atoms with E-state index < -0.39 is 0 Å². The zero-order valence-electron chi connectivity index (χ0n) is 14.4. The summed E-state index contributed by atoms with van der Waals surface area (Å²) in [6.45, 7) is 1.10. The van der Waals surface area contributed by atoms with Crippen LogP contribution >= 0.6 is 11.6 Å². The number of aromatic nitrogens is 5. The molecule has 3 aromatic rings. The second-order valence-electron chi connectivity index (χ2n) is 6.17. The highest BCUT2D eigenvalue weighted by Crippen LogP contribution is 2.18. The molecule has 1 unspecified atom stereocenters. The minimum Gasteiger partial charge on any atom is -0.458 e. The van der Waals surface area contributed by atoms with Crippen LogP contribution in [-0.2, 0) is 0 Å². The van der Waals surface area contributed by atoms with Crippen molar-refractivity contribution in [2.24, 2.45) is 0 Å². The average Bonchev–Trinajstić information content (AvgIpc) is 3.20. The summed E-state index contributed by atoms with van der Waals surface area (Å²) in [6.07, 6.45) is 5.94. The molecule has 4 rings (SSSR count). The van der Waals surface area contributed by atoms with E-state index >= 15 is 0 Å². The highest BCUT2D eigenvalue weighted by molar-refractivity contribution is 6.30. The molecule has 1 aliphatic rings. The molecule has 0 aliphatic carbocycles. The second-order valence-corrected chi connectivity index (χ2v) is 6.61. The number of benzene rings is 1. The van der Waals surface area contributed by atoms with Gasteiger partial charge in [-0.15, -0.1) is 5.10 Å². The number of halogens is 1. The van der Waals surface area contributed by atoms with Gasteiger partial charge in [0.2, 0.25) is 0 Å². The van der Waals surface area contributed by atoms with Crippen LogP contribution in [0.15, 0.2) is 48.9 Å². The smallest absolute Gasteiger partial charge is 0.316 e. The van der Waals surface area contributed by atoms with Crippen LogP contribution in [0.4, 0.5) is 0 Å². The molecule has 1 saturated heterocycles. The predicted octanol–water partition coefficient (Wildman–Crippen LogP) is 2.39. The molecule has 1 fully saturated rings. The SMILES string of the molecule is O=C(c1cnn(-c2ccccc2)n1)N1CCCC(Oc2ncc(Cl)cn2)C1. The van der Waals surface area contributed by atoms with E-state index in [-0.39, 0.29) is 18.0 Å². The van der Waals surface area contributed by atoms with Gasteiger partial charge in [0.15, 0.2) is 5.69 Å². The summed E-state index contributed by atoms with van der Waals surface area (Å²) in [5.74, 6) is -0.164.